The zero-order valence-corrected chi connectivity index (χ0v) is 12.3. The van der Waals surface area contributed by atoms with E-state index in [0.717, 1.165) is 5.56 Å². The maximum atomic E-state index is 12.0. The predicted octanol–water partition coefficient (Wildman–Crippen LogP) is 2.80. The lowest BCUT2D eigenvalue weighted by Gasteiger charge is -2.10. The van der Waals surface area contributed by atoms with Crippen LogP contribution in [0.3, 0.4) is 0 Å². The lowest BCUT2D eigenvalue weighted by atomic mass is 10.1. The third-order valence-corrected chi connectivity index (χ3v) is 3.81. The second-order valence-corrected chi connectivity index (χ2v) is 5.46. The van der Waals surface area contributed by atoms with E-state index in [1.807, 2.05) is 30.3 Å². The Morgan fingerprint density at radius 2 is 2.00 bits per heavy atom. The van der Waals surface area contributed by atoms with Gasteiger partial charge in [-0.05, 0) is 17.7 Å². The molecule has 22 heavy (non-hydrogen) atoms. The SMILES string of the molecule is O=C(O)C(Cc1ccccc1)n1c[n+]([O-])c2cc(Cl)ccc21. The van der Waals surface area contributed by atoms with Gasteiger partial charge in [0.15, 0.2) is 11.0 Å². The van der Waals surface area contributed by atoms with Crippen molar-refractivity contribution in [2.45, 2.75) is 12.5 Å². The highest BCUT2D eigenvalue weighted by Crippen LogP contribution is 2.23. The molecule has 0 saturated carbocycles. The molecule has 0 aliphatic carbocycles. The number of aromatic nitrogens is 2. The normalized spacial score (nSPS) is 12.4. The Bertz CT molecular complexity index is 830. The number of nitrogens with zero attached hydrogens (tertiary/aromatic N) is 2. The van der Waals surface area contributed by atoms with Crippen LogP contribution in [0.2, 0.25) is 5.02 Å². The van der Waals surface area contributed by atoms with E-state index in [4.69, 9.17) is 11.6 Å². The number of carboxylic acids is 1. The molecule has 0 aliphatic rings. The summed E-state index contributed by atoms with van der Waals surface area (Å²) in [5.41, 5.74) is 1.79. The Kier molecular flexibility index (Phi) is 3.73. The van der Waals surface area contributed by atoms with E-state index in [-0.39, 0.29) is 0 Å². The molecule has 0 saturated heterocycles. The Morgan fingerprint density at radius 3 is 2.68 bits per heavy atom. The molecular weight excluding hydrogens is 304 g/mol. The van der Waals surface area contributed by atoms with Gasteiger partial charge >= 0.3 is 5.97 Å². The molecule has 0 amide bonds. The van der Waals surface area contributed by atoms with Crippen LogP contribution in [0, 0.1) is 5.21 Å². The molecule has 3 aromatic rings. The first kappa shape index (κ1) is 14.4. The average molecular weight is 317 g/mol. The van der Waals surface area contributed by atoms with Gasteiger partial charge in [-0.3, -0.25) is 0 Å². The van der Waals surface area contributed by atoms with Crippen LogP contribution in [0.4, 0.5) is 0 Å². The van der Waals surface area contributed by atoms with Crippen LogP contribution < -0.4 is 4.73 Å². The van der Waals surface area contributed by atoms with Crippen LogP contribution in [0.5, 0.6) is 0 Å². The molecule has 5 nitrogen and oxygen atoms in total. The Labute approximate surface area is 131 Å². The monoisotopic (exact) mass is 316 g/mol. The van der Waals surface area contributed by atoms with Crippen molar-refractivity contribution in [3.63, 3.8) is 0 Å². The minimum Gasteiger partial charge on any atom is -0.710 e. The largest absolute Gasteiger partial charge is 0.710 e. The van der Waals surface area contributed by atoms with E-state index >= 15 is 0 Å². The molecular formula is C16H13ClN2O3. The third kappa shape index (κ3) is 2.63. The zero-order chi connectivity index (χ0) is 15.7. The summed E-state index contributed by atoms with van der Waals surface area (Å²) >= 11 is 5.89. The number of carboxylic acid groups (broad SMARTS) is 1. The van der Waals surface area contributed by atoms with Gasteiger partial charge < -0.3 is 10.3 Å². The first-order valence-corrected chi connectivity index (χ1v) is 7.10. The summed E-state index contributed by atoms with van der Waals surface area (Å²) in [7, 11) is 0. The lowest BCUT2D eigenvalue weighted by Crippen LogP contribution is -2.26. The van der Waals surface area contributed by atoms with Crippen LogP contribution in [0.15, 0.2) is 54.9 Å². The van der Waals surface area contributed by atoms with Gasteiger partial charge in [0, 0.05) is 17.5 Å². The highest BCUT2D eigenvalue weighted by atomic mass is 35.5. The number of imidazole rings is 1. The van der Waals surface area contributed by atoms with Crippen molar-refractivity contribution in [2.24, 2.45) is 0 Å². The minimum absolute atomic E-state index is 0.294. The summed E-state index contributed by atoms with van der Waals surface area (Å²) < 4.78 is 2.12. The summed E-state index contributed by atoms with van der Waals surface area (Å²) in [4.78, 5) is 11.7. The molecule has 1 N–H and O–H groups in total. The fraction of sp³-hybridized carbons (Fsp3) is 0.125. The smallest absolute Gasteiger partial charge is 0.349 e. The van der Waals surface area contributed by atoms with Gasteiger partial charge in [-0.25, -0.2) is 14.1 Å². The number of halogens is 1. The summed E-state index contributed by atoms with van der Waals surface area (Å²) in [6, 6.07) is 13.3. The van der Waals surface area contributed by atoms with Crippen molar-refractivity contribution in [1.82, 2.24) is 4.57 Å². The first-order chi connectivity index (χ1) is 10.6. The van der Waals surface area contributed by atoms with Crippen molar-refractivity contribution < 1.29 is 14.6 Å². The molecule has 2 aromatic carbocycles. The fourth-order valence-corrected chi connectivity index (χ4v) is 2.69. The first-order valence-electron chi connectivity index (χ1n) is 6.72. The highest BCUT2D eigenvalue weighted by Gasteiger charge is 2.28. The molecule has 1 atom stereocenters. The number of aliphatic carboxylic acids is 1. The lowest BCUT2D eigenvalue weighted by molar-refractivity contribution is -0.578. The summed E-state index contributed by atoms with van der Waals surface area (Å²) in [6.07, 6.45) is 1.55. The van der Waals surface area contributed by atoms with Gasteiger partial charge in [0.1, 0.15) is 0 Å². The van der Waals surface area contributed by atoms with Crippen LogP contribution in [0.25, 0.3) is 11.0 Å². The van der Waals surface area contributed by atoms with Crippen molar-refractivity contribution in [3.05, 3.63) is 70.7 Å². The summed E-state index contributed by atoms with van der Waals surface area (Å²) in [6.45, 7) is 0. The maximum absolute atomic E-state index is 12.0. The predicted molar refractivity (Wildman–Crippen MR) is 82.7 cm³/mol. The molecule has 1 unspecified atom stereocenters. The number of hydrogen-bond acceptors (Lipinski definition) is 2. The third-order valence-electron chi connectivity index (χ3n) is 3.58. The average Bonchev–Trinajstić information content (AvgIpc) is 2.82. The Morgan fingerprint density at radius 1 is 1.27 bits per heavy atom. The molecule has 0 aliphatic heterocycles. The maximum Gasteiger partial charge on any atom is 0.349 e. The molecule has 1 aromatic heterocycles. The van der Waals surface area contributed by atoms with Gasteiger partial charge in [0.2, 0.25) is 12.4 Å². The van der Waals surface area contributed by atoms with E-state index in [2.05, 4.69) is 0 Å². The van der Waals surface area contributed by atoms with E-state index in [1.165, 1.54) is 17.0 Å². The fourth-order valence-electron chi connectivity index (χ4n) is 2.52. The molecule has 0 bridgehead atoms. The van der Waals surface area contributed by atoms with Crippen molar-refractivity contribution >= 4 is 28.6 Å². The Balaban J connectivity index is 2.08. The number of carbonyl (C=O) groups is 1. The number of hydrogen-bond donors (Lipinski definition) is 1. The topological polar surface area (TPSA) is 69.2 Å². The van der Waals surface area contributed by atoms with Gasteiger partial charge in [-0.15, -0.1) is 0 Å². The Hall–Kier alpha value is -2.53. The van der Waals surface area contributed by atoms with Crippen LogP contribution >= 0.6 is 11.6 Å². The molecule has 6 heteroatoms. The van der Waals surface area contributed by atoms with Gasteiger partial charge in [0.05, 0.1) is 0 Å². The van der Waals surface area contributed by atoms with Gasteiger partial charge in [0.25, 0.3) is 0 Å². The molecule has 0 radical (unpaired) electrons. The molecule has 112 valence electrons. The highest BCUT2D eigenvalue weighted by molar-refractivity contribution is 6.31. The molecule has 0 spiro atoms. The van der Waals surface area contributed by atoms with Gasteiger partial charge in [-0.2, -0.15) is 0 Å². The number of rotatable bonds is 4. The van der Waals surface area contributed by atoms with Crippen LogP contribution in [-0.2, 0) is 11.2 Å². The zero-order valence-electron chi connectivity index (χ0n) is 11.5. The number of benzene rings is 2. The summed E-state index contributed by atoms with van der Waals surface area (Å²) in [5.74, 6) is -0.990. The minimum atomic E-state index is -0.990. The number of fused-ring (bicyclic) bond motifs is 1. The van der Waals surface area contributed by atoms with Crippen molar-refractivity contribution in [3.8, 4) is 0 Å². The van der Waals surface area contributed by atoms with E-state index in [0.29, 0.717) is 27.2 Å². The van der Waals surface area contributed by atoms with E-state index in [9.17, 15) is 15.1 Å². The van der Waals surface area contributed by atoms with Crippen molar-refractivity contribution in [2.75, 3.05) is 0 Å². The van der Waals surface area contributed by atoms with Gasteiger partial charge in [-0.1, -0.05) is 41.9 Å². The molecule has 0 fully saturated rings. The molecule has 3 rings (SSSR count). The molecule has 1 heterocycles. The van der Waals surface area contributed by atoms with Crippen LogP contribution in [-0.4, -0.2) is 15.6 Å². The quantitative estimate of drug-likeness (QED) is 0.594. The second kappa shape index (κ2) is 5.69. The second-order valence-electron chi connectivity index (χ2n) is 5.03. The standard InChI is InChI=1S/C16H13ClN2O3/c17-12-6-7-13-14(9-12)19(22)10-18(13)15(16(20)21)8-11-4-2-1-3-5-11/h1-7,9-10,15H,8H2,(H,20,21). The van der Waals surface area contributed by atoms with Crippen molar-refractivity contribution in [1.29, 1.82) is 0 Å². The summed E-state index contributed by atoms with van der Waals surface area (Å²) in [5, 5.41) is 22.0. The van der Waals surface area contributed by atoms with Crippen LogP contribution in [0.1, 0.15) is 11.6 Å². The van der Waals surface area contributed by atoms with E-state index in [1.54, 1.807) is 12.1 Å². The van der Waals surface area contributed by atoms with E-state index < -0.39 is 12.0 Å².